The maximum absolute atomic E-state index is 12.1. The van der Waals surface area contributed by atoms with Crippen molar-refractivity contribution in [1.82, 2.24) is 5.32 Å². The van der Waals surface area contributed by atoms with Crippen molar-refractivity contribution in [3.05, 3.63) is 22.7 Å². The molecule has 5 heteroatoms. The molecule has 0 radical (unpaired) electrons. The minimum absolute atomic E-state index is 0.0947. The molecular weight excluding hydrogens is 320 g/mol. The van der Waals surface area contributed by atoms with Crippen molar-refractivity contribution in [2.24, 2.45) is 5.92 Å². The maximum atomic E-state index is 12.1. The molecule has 1 heterocycles. The second-order valence-electron chi connectivity index (χ2n) is 5.58. The lowest BCUT2D eigenvalue weighted by Gasteiger charge is -2.31. The third kappa shape index (κ3) is 3.08. The molecule has 1 fully saturated rings. The molecule has 0 saturated heterocycles. The maximum Gasteiger partial charge on any atom is 0.239 e. The Bertz CT molecular complexity index is 517. The Morgan fingerprint density at radius 3 is 3.10 bits per heavy atom. The van der Waals surface area contributed by atoms with Crippen LogP contribution in [0.5, 0.6) is 5.75 Å². The molecule has 1 aromatic carbocycles. The molecule has 0 bridgehead atoms. The van der Waals surface area contributed by atoms with Crippen molar-refractivity contribution < 1.29 is 9.53 Å². The van der Waals surface area contributed by atoms with Gasteiger partial charge in [-0.2, -0.15) is 0 Å². The lowest BCUT2D eigenvalue weighted by molar-refractivity contribution is -0.120. The number of benzene rings is 1. The van der Waals surface area contributed by atoms with Crippen molar-refractivity contribution in [2.45, 2.75) is 25.8 Å². The number of amides is 1. The highest BCUT2D eigenvalue weighted by Gasteiger charge is 2.29. The van der Waals surface area contributed by atoms with Gasteiger partial charge in [0.1, 0.15) is 12.4 Å². The summed E-state index contributed by atoms with van der Waals surface area (Å²) in [5, 5.41) is 3.10. The molecule has 1 amide bonds. The molecular formula is C15H19BrN2O2. The molecule has 1 unspecified atom stereocenters. The number of nitrogens with zero attached hydrogens (tertiary/aromatic N) is 1. The van der Waals surface area contributed by atoms with Crippen LogP contribution in [0.25, 0.3) is 0 Å². The van der Waals surface area contributed by atoms with Gasteiger partial charge in [-0.15, -0.1) is 0 Å². The van der Waals surface area contributed by atoms with Gasteiger partial charge in [0.05, 0.1) is 18.8 Å². The van der Waals surface area contributed by atoms with Crippen LogP contribution in [0, 0.1) is 5.92 Å². The number of anilines is 1. The van der Waals surface area contributed by atoms with E-state index >= 15 is 0 Å². The van der Waals surface area contributed by atoms with Gasteiger partial charge in [0.15, 0.2) is 0 Å². The van der Waals surface area contributed by atoms with Gasteiger partial charge in [-0.25, -0.2) is 0 Å². The van der Waals surface area contributed by atoms with Crippen LogP contribution >= 0.6 is 15.9 Å². The van der Waals surface area contributed by atoms with Crippen LogP contribution in [-0.2, 0) is 4.79 Å². The van der Waals surface area contributed by atoms with E-state index in [1.54, 1.807) is 0 Å². The number of nitrogens with one attached hydrogen (secondary N) is 1. The fourth-order valence-corrected chi connectivity index (χ4v) is 2.95. The Morgan fingerprint density at radius 2 is 2.35 bits per heavy atom. The highest BCUT2D eigenvalue weighted by atomic mass is 79.9. The van der Waals surface area contributed by atoms with Gasteiger partial charge in [-0.3, -0.25) is 4.79 Å². The van der Waals surface area contributed by atoms with E-state index in [2.05, 4.69) is 33.1 Å². The molecule has 4 nitrogen and oxygen atoms in total. The zero-order valence-electron chi connectivity index (χ0n) is 11.6. The topological polar surface area (TPSA) is 41.6 Å². The Hall–Kier alpha value is -1.23. The van der Waals surface area contributed by atoms with E-state index < -0.39 is 0 Å². The van der Waals surface area contributed by atoms with Crippen LogP contribution in [0.15, 0.2) is 22.7 Å². The van der Waals surface area contributed by atoms with E-state index in [0.717, 1.165) is 22.5 Å². The van der Waals surface area contributed by atoms with Gasteiger partial charge in [0, 0.05) is 10.5 Å². The van der Waals surface area contributed by atoms with Crippen LogP contribution in [0.1, 0.15) is 19.8 Å². The van der Waals surface area contributed by atoms with Crippen LogP contribution in [0.4, 0.5) is 5.69 Å². The van der Waals surface area contributed by atoms with E-state index in [1.165, 1.54) is 12.8 Å². The van der Waals surface area contributed by atoms with Gasteiger partial charge in [-0.1, -0.05) is 15.9 Å². The first-order valence-electron chi connectivity index (χ1n) is 7.10. The molecule has 20 heavy (non-hydrogen) atoms. The molecule has 3 rings (SSSR count). The second-order valence-corrected chi connectivity index (χ2v) is 6.49. The second kappa shape index (κ2) is 5.64. The molecule has 0 spiro atoms. The van der Waals surface area contributed by atoms with Crippen molar-refractivity contribution in [2.75, 3.05) is 24.6 Å². The van der Waals surface area contributed by atoms with Crippen LogP contribution in [0.3, 0.4) is 0 Å². The van der Waals surface area contributed by atoms with Gasteiger partial charge in [0.25, 0.3) is 0 Å². The number of halogens is 1. The van der Waals surface area contributed by atoms with Crippen molar-refractivity contribution in [3.8, 4) is 5.75 Å². The summed E-state index contributed by atoms with van der Waals surface area (Å²) in [5.41, 5.74) is 0.986. The molecule has 1 N–H and O–H groups in total. The molecule has 108 valence electrons. The van der Waals surface area contributed by atoms with Gasteiger partial charge >= 0.3 is 0 Å². The third-order valence-electron chi connectivity index (χ3n) is 3.93. The van der Waals surface area contributed by atoms with Gasteiger partial charge < -0.3 is 15.0 Å². The smallest absolute Gasteiger partial charge is 0.239 e. The van der Waals surface area contributed by atoms with E-state index in [1.807, 2.05) is 18.2 Å². The summed E-state index contributed by atoms with van der Waals surface area (Å²) in [7, 11) is 0. The van der Waals surface area contributed by atoms with Crippen molar-refractivity contribution >= 4 is 27.5 Å². The predicted molar refractivity (Wildman–Crippen MR) is 82.2 cm³/mol. The summed E-state index contributed by atoms with van der Waals surface area (Å²) in [6.07, 6.45) is 2.49. The third-order valence-corrected chi connectivity index (χ3v) is 4.43. The minimum atomic E-state index is 0.0947. The average Bonchev–Trinajstić information content (AvgIpc) is 3.23. The predicted octanol–water partition coefficient (Wildman–Crippen LogP) is 2.56. The zero-order chi connectivity index (χ0) is 14.1. The van der Waals surface area contributed by atoms with E-state index in [9.17, 15) is 4.79 Å². The lowest BCUT2D eigenvalue weighted by Crippen LogP contribution is -2.44. The number of ether oxygens (including phenoxy) is 1. The number of carbonyl (C=O) groups excluding carboxylic acids is 1. The van der Waals surface area contributed by atoms with Gasteiger partial charge in [-0.05, 0) is 43.9 Å². The average molecular weight is 339 g/mol. The quantitative estimate of drug-likeness (QED) is 0.917. The van der Waals surface area contributed by atoms with Crippen LogP contribution < -0.4 is 15.0 Å². The fourth-order valence-electron chi connectivity index (χ4n) is 2.60. The largest absolute Gasteiger partial charge is 0.490 e. The van der Waals surface area contributed by atoms with E-state index in [0.29, 0.717) is 25.1 Å². The fraction of sp³-hybridized carbons (Fsp3) is 0.533. The zero-order valence-corrected chi connectivity index (χ0v) is 13.1. The first-order valence-corrected chi connectivity index (χ1v) is 7.89. The SMILES string of the molecule is CC(NC(=O)CN1CCOc2ccc(Br)cc21)C1CC1. The van der Waals surface area contributed by atoms with E-state index in [-0.39, 0.29) is 5.91 Å². The van der Waals surface area contributed by atoms with Crippen LogP contribution in [0.2, 0.25) is 0 Å². The van der Waals surface area contributed by atoms with E-state index in [4.69, 9.17) is 4.74 Å². The first-order chi connectivity index (χ1) is 9.63. The first kappa shape index (κ1) is 13.7. The summed E-state index contributed by atoms with van der Waals surface area (Å²) in [5.74, 6) is 1.63. The molecule has 1 aliphatic carbocycles. The molecule has 0 aromatic heterocycles. The highest BCUT2D eigenvalue weighted by Crippen LogP contribution is 2.34. The molecule has 1 atom stereocenters. The Labute approximate surface area is 127 Å². The Kier molecular flexibility index (Phi) is 3.87. The monoisotopic (exact) mass is 338 g/mol. The standard InChI is InChI=1S/C15H19BrN2O2/c1-10(11-2-3-11)17-15(19)9-18-6-7-20-14-5-4-12(16)8-13(14)18/h4-5,8,10-11H,2-3,6-7,9H2,1H3,(H,17,19). The summed E-state index contributed by atoms with van der Waals surface area (Å²) in [6, 6.07) is 6.20. The number of rotatable bonds is 4. The molecule has 1 saturated carbocycles. The van der Waals surface area contributed by atoms with Crippen molar-refractivity contribution in [3.63, 3.8) is 0 Å². The number of carbonyl (C=O) groups is 1. The molecule has 1 aromatic rings. The lowest BCUT2D eigenvalue weighted by atomic mass is 10.2. The molecule has 1 aliphatic heterocycles. The minimum Gasteiger partial charge on any atom is -0.490 e. The summed E-state index contributed by atoms with van der Waals surface area (Å²) >= 11 is 3.47. The highest BCUT2D eigenvalue weighted by molar-refractivity contribution is 9.10. The number of fused-ring (bicyclic) bond motifs is 1. The van der Waals surface area contributed by atoms with Gasteiger partial charge in [0.2, 0.25) is 5.91 Å². The number of hydrogen-bond acceptors (Lipinski definition) is 3. The molecule has 2 aliphatic rings. The summed E-state index contributed by atoms with van der Waals surface area (Å²) in [4.78, 5) is 14.2. The Balaban J connectivity index is 1.66. The number of hydrogen-bond donors (Lipinski definition) is 1. The summed E-state index contributed by atoms with van der Waals surface area (Å²) in [6.45, 7) is 3.86. The van der Waals surface area contributed by atoms with Crippen LogP contribution in [-0.4, -0.2) is 31.6 Å². The van der Waals surface area contributed by atoms with Crippen molar-refractivity contribution in [1.29, 1.82) is 0 Å². The Morgan fingerprint density at radius 1 is 1.55 bits per heavy atom. The normalized spacial score (nSPS) is 19.0. The summed E-state index contributed by atoms with van der Waals surface area (Å²) < 4.78 is 6.62.